The number of halogens is 1. The highest BCUT2D eigenvalue weighted by Crippen LogP contribution is 2.20. The third kappa shape index (κ3) is 1.23. The fourth-order valence-electron chi connectivity index (χ4n) is 0.825. The Morgan fingerprint density at radius 3 is 2.88 bits per heavy atom. The van der Waals surface area contributed by atoms with Crippen molar-refractivity contribution in [3.8, 4) is 0 Å². The van der Waals surface area contributed by atoms with Gasteiger partial charge < -0.3 is 5.11 Å². The van der Waals surface area contributed by atoms with E-state index < -0.39 is 0 Å². The van der Waals surface area contributed by atoms with Crippen molar-refractivity contribution in [3.63, 3.8) is 0 Å². The van der Waals surface area contributed by atoms with Crippen molar-refractivity contribution < 1.29 is 5.11 Å². The van der Waals surface area contributed by atoms with Gasteiger partial charge in [0.1, 0.15) is 0 Å². The minimum atomic E-state index is -0.370. The minimum absolute atomic E-state index is 0.370. The fourth-order valence-corrected chi connectivity index (χ4v) is 1.04. The first kappa shape index (κ1) is 6.12. The zero-order valence-corrected chi connectivity index (χ0v) is 5.36. The summed E-state index contributed by atoms with van der Waals surface area (Å²) in [4.78, 5) is 0. The summed E-state index contributed by atoms with van der Waals surface area (Å²) in [6.07, 6.45) is 4.43. The highest BCUT2D eigenvalue weighted by atomic mass is 35.5. The molecule has 1 rings (SSSR count). The molecule has 0 aliphatic heterocycles. The molecule has 0 heterocycles. The summed E-state index contributed by atoms with van der Waals surface area (Å²) in [5.74, 6) is 0. The molecule has 2 heteroatoms. The van der Waals surface area contributed by atoms with Crippen molar-refractivity contribution in [1.82, 2.24) is 0 Å². The monoisotopic (exact) mass is 132 g/mol. The Labute approximate surface area is 54.0 Å². The van der Waals surface area contributed by atoms with E-state index in [-0.39, 0.29) is 6.10 Å². The molecule has 1 atom stereocenters. The van der Waals surface area contributed by atoms with Crippen molar-refractivity contribution in [2.75, 3.05) is 0 Å². The second-order valence-corrected chi connectivity index (χ2v) is 2.47. The molecule has 0 radical (unpaired) electrons. The summed E-state index contributed by atoms with van der Waals surface area (Å²) in [6, 6.07) is 0. The molecule has 0 aromatic rings. The lowest BCUT2D eigenvalue weighted by Gasteiger charge is -2.12. The van der Waals surface area contributed by atoms with Crippen molar-refractivity contribution in [1.29, 1.82) is 0 Å². The van der Waals surface area contributed by atoms with Crippen molar-refractivity contribution in [2.24, 2.45) is 0 Å². The summed E-state index contributed by atoms with van der Waals surface area (Å²) in [5.41, 5.74) is 0. The Bertz CT molecular complexity index is 109. The van der Waals surface area contributed by atoms with Gasteiger partial charge in [-0.1, -0.05) is 17.7 Å². The lowest BCUT2D eigenvalue weighted by Crippen LogP contribution is -2.09. The first-order chi connectivity index (χ1) is 3.80. The third-order valence-corrected chi connectivity index (χ3v) is 1.75. The highest BCUT2D eigenvalue weighted by Gasteiger charge is 2.10. The molecule has 8 heavy (non-hydrogen) atoms. The highest BCUT2D eigenvalue weighted by molar-refractivity contribution is 6.30. The van der Waals surface area contributed by atoms with Crippen LogP contribution >= 0.6 is 11.6 Å². The SMILES string of the molecule is O[C@@H]1CCCC=C1Cl. The molecular weight excluding hydrogens is 124 g/mol. The molecule has 0 amide bonds. The van der Waals surface area contributed by atoms with Crippen LogP contribution in [-0.2, 0) is 0 Å². The van der Waals surface area contributed by atoms with E-state index in [1.54, 1.807) is 0 Å². The van der Waals surface area contributed by atoms with Crippen LogP contribution < -0.4 is 0 Å². The molecule has 0 unspecified atom stereocenters. The van der Waals surface area contributed by atoms with Gasteiger partial charge in [0, 0.05) is 5.03 Å². The Balaban J connectivity index is 2.53. The van der Waals surface area contributed by atoms with E-state index in [1.165, 1.54) is 0 Å². The van der Waals surface area contributed by atoms with Crippen LogP contribution in [0, 0.1) is 0 Å². The number of allylic oxidation sites excluding steroid dienone is 1. The van der Waals surface area contributed by atoms with E-state index in [4.69, 9.17) is 16.7 Å². The van der Waals surface area contributed by atoms with Crippen LogP contribution in [0.1, 0.15) is 19.3 Å². The van der Waals surface area contributed by atoms with Gasteiger partial charge in [-0.25, -0.2) is 0 Å². The van der Waals surface area contributed by atoms with Crippen LogP contribution in [0.15, 0.2) is 11.1 Å². The van der Waals surface area contributed by atoms with E-state index in [0.29, 0.717) is 5.03 Å². The molecule has 0 bridgehead atoms. The predicted octanol–water partition coefficient (Wildman–Crippen LogP) is 1.65. The van der Waals surface area contributed by atoms with Crippen LogP contribution in [0.25, 0.3) is 0 Å². The van der Waals surface area contributed by atoms with Gasteiger partial charge in [0.05, 0.1) is 6.10 Å². The number of hydrogen-bond donors (Lipinski definition) is 1. The van der Waals surface area contributed by atoms with Crippen LogP contribution in [0.3, 0.4) is 0 Å². The fraction of sp³-hybridized carbons (Fsp3) is 0.667. The predicted molar refractivity (Wildman–Crippen MR) is 33.8 cm³/mol. The largest absolute Gasteiger partial charge is 0.388 e. The Kier molecular flexibility index (Phi) is 1.92. The van der Waals surface area contributed by atoms with Gasteiger partial charge in [-0.2, -0.15) is 0 Å². The Morgan fingerprint density at radius 2 is 2.50 bits per heavy atom. The quantitative estimate of drug-likeness (QED) is 0.532. The van der Waals surface area contributed by atoms with Gasteiger partial charge >= 0.3 is 0 Å². The van der Waals surface area contributed by atoms with Gasteiger partial charge in [0.15, 0.2) is 0 Å². The first-order valence-electron chi connectivity index (χ1n) is 2.84. The van der Waals surface area contributed by atoms with Crippen molar-refractivity contribution in [3.05, 3.63) is 11.1 Å². The maximum atomic E-state index is 8.98. The summed E-state index contributed by atoms with van der Waals surface area (Å²) in [5, 5.41) is 9.60. The van der Waals surface area contributed by atoms with Crippen molar-refractivity contribution in [2.45, 2.75) is 25.4 Å². The molecular formula is C6H9ClO. The zero-order chi connectivity index (χ0) is 5.98. The molecule has 0 fully saturated rings. The Morgan fingerprint density at radius 1 is 1.75 bits per heavy atom. The minimum Gasteiger partial charge on any atom is -0.388 e. The number of rotatable bonds is 0. The van der Waals surface area contributed by atoms with Gasteiger partial charge in [-0.15, -0.1) is 0 Å². The molecule has 0 saturated carbocycles. The molecule has 1 aliphatic carbocycles. The third-order valence-electron chi connectivity index (χ3n) is 1.34. The number of aliphatic hydroxyl groups is 1. The van der Waals surface area contributed by atoms with Crippen LogP contribution in [0.5, 0.6) is 0 Å². The second kappa shape index (κ2) is 2.51. The van der Waals surface area contributed by atoms with Crippen LogP contribution in [0.2, 0.25) is 0 Å². The second-order valence-electron chi connectivity index (χ2n) is 2.04. The maximum Gasteiger partial charge on any atom is 0.0892 e. The van der Waals surface area contributed by atoms with E-state index in [0.717, 1.165) is 19.3 Å². The normalized spacial score (nSPS) is 29.8. The first-order valence-corrected chi connectivity index (χ1v) is 3.22. The Hall–Kier alpha value is -0.0100. The summed E-state index contributed by atoms with van der Waals surface area (Å²) in [6.45, 7) is 0. The molecule has 1 aliphatic rings. The molecule has 1 nitrogen and oxygen atoms in total. The smallest absolute Gasteiger partial charge is 0.0892 e. The molecule has 1 N–H and O–H groups in total. The summed E-state index contributed by atoms with van der Waals surface area (Å²) in [7, 11) is 0. The number of aliphatic hydroxyl groups excluding tert-OH is 1. The lowest BCUT2D eigenvalue weighted by atomic mass is 10.1. The standard InChI is InChI=1S/C6H9ClO/c7-5-3-1-2-4-6(5)8/h3,6,8H,1-2,4H2/t6-/m1/s1. The molecule has 46 valence electrons. The molecule has 0 spiro atoms. The van der Waals surface area contributed by atoms with E-state index in [2.05, 4.69) is 0 Å². The maximum absolute atomic E-state index is 8.98. The summed E-state index contributed by atoms with van der Waals surface area (Å²) < 4.78 is 0. The molecule has 0 aromatic heterocycles. The van der Waals surface area contributed by atoms with Crippen LogP contribution in [0.4, 0.5) is 0 Å². The zero-order valence-electron chi connectivity index (χ0n) is 4.60. The van der Waals surface area contributed by atoms with Gasteiger partial charge in [-0.05, 0) is 19.3 Å². The van der Waals surface area contributed by atoms with Crippen LogP contribution in [-0.4, -0.2) is 11.2 Å². The number of hydrogen-bond acceptors (Lipinski definition) is 1. The van der Waals surface area contributed by atoms with E-state index in [9.17, 15) is 0 Å². The topological polar surface area (TPSA) is 20.2 Å². The average molecular weight is 133 g/mol. The molecule has 0 aromatic carbocycles. The molecule has 0 saturated heterocycles. The van der Waals surface area contributed by atoms with Gasteiger partial charge in [0.2, 0.25) is 0 Å². The van der Waals surface area contributed by atoms with Crippen molar-refractivity contribution >= 4 is 11.6 Å². The van der Waals surface area contributed by atoms with Gasteiger partial charge in [0.25, 0.3) is 0 Å². The van der Waals surface area contributed by atoms with E-state index in [1.807, 2.05) is 6.08 Å². The lowest BCUT2D eigenvalue weighted by molar-refractivity contribution is 0.199. The average Bonchev–Trinajstić information content (AvgIpc) is 1.77. The van der Waals surface area contributed by atoms with Gasteiger partial charge in [-0.3, -0.25) is 0 Å². The van der Waals surface area contributed by atoms with E-state index >= 15 is 0 Å². The summed E-state index contributed by atoms with van der Waals surface area (Å²) >= 11 is 5.58.